The molecule has 0 atom stereocenters. The number of phenolic OH excluding ortho intramolecular Hbond substituents is 1. The summed E-state index contributed by atoms with van der Waals surface area (Å²) in [5, 5.41) is 21.4. The van der Waals surface area contributed by atoms with Crippen LogP contribution in [0.2, 0.25) is 0 Å². The minimum absolute atomic E-state index is 0.00116. The Labute approximate surface area is 95.1 Å². The standard InChI is InChI=1S/C11H8FNO4/c1-5-2-6(14)3-7(10(5)12)8-4-9(11(15)16)17-13-8/h2-4,14H,1H3,(H,15,16). The van der Waals surface area contributed by atoms with Gasteiger partial charge in [0.05, 0.1) is 0 Å². The van der Waals surface area contributed by atoms with E-state index < -0.39 is 11.8 Å². The Bertz CT molecular complexity index is 591. The van der Waals surface area contributed by atoms with Gasteiger partial charge in [-0.2, -0.15) is 0 Å². The molecule has 0 bridgehead atoms. The largest absolute Gasteiger partial charge is 0.508 e. The lowest BCUT2D eigenvalue weighted by atomic mass is 10.1. The fourth-order valence-electron chi connectivity index (χ4n) is 1.44. The number of nitrogens with zero attached hydrogens (tertiary/aromatic N) is 1. The number of benzene rings is 1. The zero-order valence-corrected chi connectivity index (χ0v) is 8.77. The predicted molar refractivity (Wildman–Crippen MR) is 55.3 cm³/mol. The number of carboxylic acid groups (broad SMARTS) is 1. The number of carboxylic acids is 1. The number of aromatic hydroxyl groups is 1. The molecule has 0 saturated carbocycles. The van der Waals surface area contributed by atoms with Crippen LogP contribution in [0.3, 0.4) is 0 Å². The molecule has 88 valence electrons. The van der Waals surface area contributed by atoms with E-state index in [1.54, 1.807) is 0 Å². The van der Waals surface area contributed by atoms with Gasteiger partial charge in [-0.15, -0.1) is 0 Å². The molecule has 0 aliphatic carbocycles. The van der Waals surface area contributed by atoms with Crippen molar-refractivity contribution >= 4 is 5.97 Å². The molecule has 2 N–H and O–H groups in total. The Hall–Kier alpha value is -2.37. The van der Waals surface area contributed by atoms with Crippen molar-refractivity contribution in [3.63, 3.8) is 0 Å². The normalized spacial score (nSPS) is 10.5. The van der Waals surface area contributed by atoms with Gasteiger partial charge in [-0.3, -0.25) is 0 Å². The van der Waals surface area contributed by atoms with Crippen molar-refractivity contribution in [2.75, 3.05) is 0 Å². The highest BCUT2D eigenvalue weighted by molar-refractivity contribution is 5.85. The third-order valence-corrected chi connectivity index (χ3v) is 2.24. The third kappa shape index (κ3) is 1.96. The first kappa shape index (κ1) is 11.1. The highest BCUT2D eigenvalue weighted by atomic mass is 19.1. The molecule has 0 radical (unpaired) electrons. The van der Waals surface area contributed by atoms with Gasteiger partial charge in [-0.05, 0) is 24.6 Å². The molecule has 1 heterocycles. The van der Waals surface area contributed by atoms with Crippen molar-refractivity contribution in [1.82, 2.24) is 5.16 Å². The van der Waals surface area contributed by atoms with E-state index in [0.717, 1.165) is 12.1 Å². The first-order valence-electron chi connectivity index (χ1n) is 4.68. The summed E-state index contributed by atoms with van der Waals surface area (Å²) in [5.74, 6) is -2.38. The van der Waals surface area contributed by atoms with Gasteiger partial charge in [0, 0.05) is 11.6 Å². The number of aromatic nitrogens is 1. The molecule has 17 heavy (non-hydrogen) atoms. The van der Waals surface area contributed by atoms with Gasteiger partial charge in [-0.25, -0.2) is 9.18 Å². The number of phenols is 1. The first-order valence-corrected chi connectivity index (χ1v) is 4.68. The maximum Gasteiger partial charge on any atom is 0.374 e. The molecular formula is C11H8FNO4. The summed E-state index contributed by atoms with van der Waals surface area (Å²) in [6.45, 7) is 1.48. The molecule has 0 amide bonds. The van der Waals surface area contributed by atoms with Crippen molar-refractivity contribution in [3.8, 4) is 17.0 Å². The first-order chi connectivity index (χ1) is 7.99. The van der Waals surface area contributed by atoms with Crippen molar-refractivity contribution in [2.24, 2.45) is 0 Å². The molecule has 0 spiro atoms. The molecule has 2 rings (SSSR count). The van der Waals surface area contributed by atoms with E-state index in [0.29, 0.717) is 0 Å². The minimum Gasteiger partial charge on any atom is -0.508 e. The maximum absolute atomic E-state index is 13.7. The average Bonchev–Trinajstić information content (AvgIpc) is 2.72. The third-order valence-electron chi connectivity index (χ3n) is 2.24. The summed E-state index contributed by atoms with van der Waals surface area (Å²) in [7, 11) is 0. The Morgan fingerprint density at radius 1 is 1.41 bits per heavy atom. The van der Waals surface area contributed by atoms with Gasteiger partial charge in [0.25, 0.3) is 0 Å². The van der Waals surface area contributed by atoms with Crippen LogP contribution in [-0.4, -0.2) is 21.3 Å². The van der Waals surface area contributed by atoms with Gasteiger partial charge in [0.15, 0.2) is 0 Å². The van der Waals surface area contributed by atoms with Crippen LogP contribution in [-0.2, 0) is 0 Å². The van der Waals surface area contributed by atoms with E-state index in [1.807, 2.05) is 0 Å². The monoisotopic (exact) mass is 237 g/mol. The quantitative estimate of drug-likeness (QED) is 0.836. The molecule has 1 aromatic carbocycles. The van der Waals surface area contributed by atoms with E-state index in [2.05, 4.69) is 9.68 Å². The second-order valence-corrected chi connectivity index (χ2v) is 3.51. The summed E-state index contributed by atoms with van der Waals surface area (Å²) in [5.41, 5.74) is 0.262. The lowest BCUT2D eigenvalue weighted by molar-refractivity contribution is 0.0652. The summed E-state index contributed by atoms with van der Waals surface area (Å²) < 4.78 is 18.3. The number of aryl methyl sites for hydroxylation is 1. The molecule has 0 aliphatic rings. The number of hydrogen-bond donors (Lipinski definition) is 2. The van der Waals surface area contributed by atoms with Crippen LogP contribution in [0.1, 0.15) is 16.1 Å². The Morgan fingerprint density at radius 2 is 2.12 bits per heavy atom. The highest BCUT2D eigenvalue weighted by Crippen LogP contribution is 2.28. The fraction of sp³-hybridized carbons (Fsp3) is 0.0909. The zero-order valence-electron chi connectivity index (χ0n) is 8.77. The topological polar surface area (TPSA) is 83.6 Å². The summed E-state index contributed by atoms with van der Waals surface area (Å²) in [4.78, 5) is 10.6. The van der Waals surface area contributed by atoms with Crippen LogP contribution in [0.15, 0.2) is 22.7 Å². The lowest BCUT2D eigenvalue weighted by Crippen LogP contribution is -1.92. The molecule has 6 heteroatoms. The predicted octanol–water partition coefficient (Wildman–Crippen LogP) is 2.19. The summed E-state index contributed by atoms with van der Waals surface area (Å²) in [6.07, 6.45) is 0. The Balaban J connectivity index is 2.56. The zero-order chi connectivity index (χ0) is 12.6. The van der Waals surface area contributed by atoms with Gasteiger partial charge in [-0.1, -0.05) is 5.16 Å². The minimum atomic E-state index is -1.29. The number of hydrogen-bond acceptors (Lipinski definition) is 4. The number of rotatable bonds is 2. The highest BCUT2D eigenvalue weighted by Gasteiger charge is 2.17. The molecule has 2 aromatic rings. The van der Waals surface area contributed by atoms with Gasteiger partial charge in [0.1, 0.15) is 17.3 Å². The van der Waals surface area contributed by atoms with Crippen molar-refractivity contribution in [2.45, 2.75) is 6.92 Å². The van der Waals surface area contributed by atoms with Crippen molar-refractivity contribution in [3.05, 3.63) is 35.3 Å². The van der Waals surface area contributed by atoms with Gasteiger partial charge < -0.3 is 14.7 Å². The summed E-state index contributed by atoms with van der Waals surface area (Å²) in [6, 6.07) is 3.52. The van der Waals surface area contributed by atoms with E-state index in [-0.39, 0.29) is 28.3 Å². The number of aromatic carboxylic acids is 1. The number of halogens is 1. The van der Waals surface area contributed by atoms with Crippen LogP contribution < -0.4 is 0 Å². The van der Waals surface area contributed by atoms with Crippen LogP contribution in [0.4, 0.5) is 4.39 Å². The van der Waals surface area contributed by atoms with E-state index in [4.69, 9.17) is 5.11 Å². The fourth-order valence-corrected chi connectivity index (χ4v) is 1.44. The maximum atomic E-state index is 13.7. The lowest BCUT2D eigenvalue weighted by Gasteiger charge is -2.03. The van der Waals surface area contributed by atoms with E-state index in [1.165, 1.54) is 13.0 Å². The average molecular weight is 237 g/mol. The van der Waals surface area contributed by atoms with Crippen LogP contribution >= 0.6 is 0 Å². The SMILES string of the molecule is Cc1cc(O)cc(-c2cc(C(=O)O)on2)c1F. The molecule has 0 unspecified atom stereocenters. The summed E-state index contributed by atoms with van der Waals surface area (Å²) >= 11 is 0. The molecular weight excluding hydrogens is 229 g/mol. The van der Waals surface area contributed by atoms with Crippen LogP contribution in [0.25, 0.3) is 11.3 Å². The molecule has 0 fully saturated rings. The molecule has 5 nitrogen and oxygen atoms in total. The Kier molecular flexibility index (Phi) is 2.55. The van der Waals surface area contributed by atoms with Crippen LogP contribution in [0, 0.1) is 12.7 Å². The van der Waals surface area contributed by atoms with Gasteiger partial charge in [0.2, 0.25) is 5.76 Å². The van der Waals surface area contributed by atoms with E-state index >= 15 is 0 Å². The molecule has 1 aromatic heterocycles. The number of carbonyl (C=O) groups is 1. The Morgan fingerprint density at radius 3 is 2.71 bits per heavy atom. The van der Waals surface area contributed by atoms with Gasteiger partial charge >= 0.3 is 5.97 Å². The van der Waals surface area contributed by atoms with Crippen LogP contribution in [0.5, 0.6) is 5.75 Å². The second-order valence-electron chi connectivity index (χ2n) is 3.51. The van der Waals surface area contributed by atoms with Crippen molar-refractivity contribution in [1.29, 1.82) is 0 Å². The second kappa shape index (κ2) is 3.89. The molecule has 0 aliphatic heterocycles. The molecule has 0 saturated heterocycles. The van der Waals surface area contributed by atoms with Crippen molar-refractivity contribution < 1.29 is 23.9 Å². The van der Waals surface area contributed by atoms with E-state index in [9.17, 15) is 14.3 Å². The smallest absolute Gasteiger partial charge is 0.374 e.